The van der Waals surface area contributed by atoms with E-state index < -0.39 is 6.36 Å². The molecule has 0 heterocycles. The van der Waals surface area contributed by atoms with Crippen molar-refractivity contribution in [3.8, 4) is 5.75 Å². The number of hydrogen-bond acceptors (Lipinski definition) is 2. The number of amides is 1. The minimum Gasteiger partial charge on any atom is -0.406 e. The molecular weight excluding hydrogens is 223 g/mol. The maximum absolute atomic E-state index is 11.8. The molecule has 0 N–H and O–H groups in total. The predicted octanol–water partition coefficient (Wildman–Crippen LogP) is 2.29. The summed E-state index contributed by atoms with van der Waals surface area (Å²) in [6.07, 6.45) is -4.72. The van der Waals surface area contributed by atoms with Gasteiger partial charge in [-0.05, 0) is 24.3 Å². The van der Waals surface area contributed by atoms with Crippen molar-refractivity contribution in [2.24, 2.45) is 0 Å². The number of hydrogen-bond donors (Lipinski definition) is 0. The van der Waals surface area contributed by atoms with Crippen LogP contribution in [0.15, 0.2) is 24.3 Å². The van der Waals surface area contributed by atoms with Crippen molar-refractivity contribution >= 4 is 5.91 Å². The lowest BCUT2D eigenvalue weighted by atomic mass is 10.2. The minimum absolute atomic E-state index is 0.279. The van der Waals surface area contributed by atoms with Crippen LogP contribution in [0, 0.1) is 0 Å². The fourth-order valence-electron chi connectivity index (χ4n) is 1.06. The second kappa shape index (κ2) is 4.42. The van der Waals surface area contributed by atoms with Crippen molar-refractivity contribution in [2.75, 3.05) is 14.1 Å². The van der Waals surface area contributed by atoms with Crippen molar-refractivity contribution in [1.82, 2.24) is 4.90 Å². The highest BCUT2D eigenvalue weighted by Gasteiger charge is 2.31. The molecule has 0 aliphatic rings. The molecule has 0 unspecified atom stereocenters. The summed E-state index contributed by atoms with van der Waals surface area (Å²) in [5.74, 6) is -0.624. The maximum Gasteiger partial charge on any atom is 0.573 e. The highest BCUT2D eigenvalue weighted by atomic mass is 19.4. The Balaban J connectivity index is 2.80. The predicted molar refractivity (Wildman–Crippen MR) is 51.1 cm³/mol. The molecule has 0 saturated heterocycles. The number of carbonyl (C=O) groups is 1. The van der Waals surface area contributed by atoms with E-state index in [1.165, 1.54) is 17.0 Å². The molecule has 1 rings (SSSR count). The van der Waals surface area contributed by atoms with Gasteiger partial charge in [0.25, 0.3) is 5.91 Å². The Morgan fingerprint density at radius 3 is 2.06 bits per heavy atom. The van der Waals surface area contributed by atoms with E-state index in [-0.39, 0.29) is 11.7 Å². The monoisotopic (exact) mass is 233 g/mol. The fourth-order valence-corrected chi connectivity index (χ4v) is 1.06. The first-order valence-electron chi connectivity index (χ1n) is 4.37. The lowest BCUT2D eigenvalue weighted by Crippen LogP contribution is -2.21. The van der Waals surface area contributed by atoms with Crippen LogP contribution in [-0.2, 0) is 0 Å². The molecule has 16 heavy (non-hydrogen) atoms. The van der Waals surface area contributed by atoms with Gasteiger partial charge < -0.3 is 9.64 Å². The molecule has 0 atom stereocenters. The molecule has 0 aliphatic carbocycles. The van der Waals surface area contributed by atoms with E-state index >= 15 is 0 Å². The molecule has 88 valence electrons. The second-order valence-electron chi connectivity index (χ2n) is 3.27. The van der Waals surface area contributed by atoms with Gasteiger partial charge in [-0.2, -0.15) is 0 Å². The number of nitrogens with zero attached hydrogens (tertiary/aromatic N) is 1. The zero-order chi connectivity index (χ0) is 12.3. The largest absolute Gasteiger partial charge is 0.573 e. The summed E-state index contributed by atoms with van der Waals surface area (Å²) in [5, 5.41) is 0. The first-order valence-corrected chi connectivity index (χ1v) is 4.37. The third-order valence-electron chi connectivity index (χ3n) is 1.74. The average molecular weight is 233 g/mol. The summed E-state index contributed by atoms with van der Waals surface area (Å²) in [7, 11) is 3.12. The number of alkyl halides is 3. The molecule has 1 aromatic carbocycles. The molecule has 0 spiro atoms. The Morgan fingerprint density at radius 1 is 1.19 bits per heavy atom. The molecule has 0 fully saturated rings. The maximum atomic E-state index is 11.8. The van der Waals surface area contributed by atoms with Gasteiger partial charge in [0.15, 0.2) is 0 Å². The first-order chi connectivity index (χ1) is 7.29. The van der Waals surface area contributed by atoms with Gasteiger partial charge in [0.05, 0.1) is 0 Å². The van der Waals surface area contributed by atoms with Crippen molar-refractivity contribution in [1.29, 1.82) is 0 Å². The fraction of sp³-hybridized carbons (Fsp3) is 0.300. The van der Waals surface area contributed by atoms with Crippen molar-refractivity contribution in [2.45, 2.75) is 6.36 Å². The van der Waals surface area contributed by atoms with E-state index in [2.05, 4.69) is 4.74 Å². The number of rotatable bonds is 2. The molecule has 0 aliphatic heterocycles. The van der Waals surface area contributed by atoms with Gasteiger partial charge in [-0.15, -0.1) is 13.2 Å². The SMILES string of the molecule is CN(C)C(=O)c1ccc(OC(F)(F)F)cc1. The highest BCUT2D eigenvalue weighted by molar-refractivity contribution is 5.93. The average Bonchev–Trinajstić information content (AvgIpc) is 2.15. The van der Waals surface area contributed by atoms with Crippen molar-refractivity contribution in [3.63, 3.8) is 0 Å². The Hall–Kier alpha value is -1.72. The number of benzene rings is 1. The molecule has 0 aromatic heterocycles. The van der Waals surface area contributed by atoms with Gasteiger partial charge in [-0.1, -0.05) is 0 Å². The summed E-state index contributed by atoms with van der Waals surface area (Å²) in [5.41, 5.74) is 0.305. The number of halogens is 3. The summed E-state index contributed by atoms with van der Waals surface area (Å²) < 4.78 is 39.2. The van der Waals surface area contributed by atoms with Crippen LogP contribution in [0.25, 0.3) is 0 Å². The third-order valence-corrected chi connectivity index (χ3v) is 1.74. The summed E-state index contributed by atoms with van der Waals surface area (Å²) in [6, 6.07) is 4.77. The molecule has 6 heteroatoms. The summed E-state index contributed by atoms with van der Waals surface area (Å²) >= 11 is 0. The Kier molecular flexibility index (Phi) is 3.41. The zero-order valence-corrected chi connectivity index (χ0v) is 8.71. The molecule has 0 bridgehead atoms. The van der Waals surface area contributed by atoms with Gasteiger partial charge in [-0.25, -0.2) is 0 Å². The second-order valence-corrected chi connectivity index (χ2v) is 3.27. The Labute approximate surface area is 90.4 Å². The van der Waals surface area contributed by atoms with Crippen LogP contribution in [0.2, 0.25) is 0 Å². The van der Waals surface area contributed by atoms with E-state index in [9.17, 15) is 18.0 Å². The quantitative estimate of drug-likeness (QED) is 0.784. The lowest BCUT2D eigenvalue weighted by Gasteiger charge is -2.11. The molecule has 0 saturated carbocycles. The van der Waals surface area contributed by atoms with Crippen LogP contribution in [0.5, 0.6) is 5.75 Å². The normalized spacial score (nSPS) is 11.1. The van der Waals surface area contributed by atoms with Crippen LogP contribution in [0.4, 0.5) is 13.2 Å². The standard InChI is InChI=1S/C10H10F3NO2/c1-14(2)9(15)7-3-5-8(6-4-7)16-10(11,12)13/h3-6H,1-2H3. The third kappa shape index (κ3) is 3.45. The summed E-state index contributed by atoms with van der Waals surface area (Å²) in [6.45, 7) is 0. The van der Waals surface area contributed by atoms with Crippen LogP contribution in [-0.4, -0.2) is 31.3 Å². The first kappa shape index (κ1) is 12.4. The zero-order valence-electron chi connectivity index (χ0n) is 8.71. The highest BCUT2D eigenvalue weighted by Crippen LogP contribution is 2.22. The van der Waals surface area contributed by atoms with Crippen LogP contribution in [0.1, 0.15) is 10.4 Å². The van der Waals surface area contributed by atoms with Crippen LogP contribution < -0.4 is 4.74 Å². The summed E-state index contributed by atoms with van der Waals surface area (Å²) in [4.78, 5) is 12.7. The van der Waals surface area contributed by atoms with E-state index in [0.29, 0.717) is 5.56 Å². The topological polar surface area (TPSA) is 29.5 Å². The van der Waals surface area contributed by atoms with Gasteiger partial charge in [0.2, 0.25) is 0 Å². The van der Waals surface area contributed by atoms with Gasteiger partial charge >= 0.3 is 6.36 Å². The Morgan fingerprint density at radius 2 is 1.69 bits per heavy atom. The molecule has 1 aromatic rings. The number of ether oxygens (including phenoxy) is 1. The van der Waals surface area contributed by atoms with Crippen LogP contribution in [0.3, 0.4) is 0 Å². The Bertz CT molecular complexity index is 371. The van der Waals surface area contributed by atoms with Crippen molar-refractivity contribution in [3.05, 3.63) is 29.8 Å². The molecule has 0 radical (unpaired) electrons. The minimum atomic E-state index is -4.72. The van der Waals surface area contributed by atoms with Gasteiger partial charge in [0, 0.05) is 19.7 Å². The molecule has 1 amide bonds. The molecular formula is C10H10F3NO2. The van der Waals surface area contributed by atoms with E-state index in [4.69, 9.17) is 0 Å². The van der Waals surface area contributed by atoms with Gasteiger partial charge in [-0.3, -0.25) is 4.79 Å². The lowest BCUT2D eigenvalue weighted by molar-refractivity contribution is -0.274. The van der Waals surface area contributed by atoms with E-state index in [1.54, 1.807) is 14.1 Å². The smallest absolute Gasteiger partial charge is 0.406 e. The molecule has 3 nitrogen and oxygen atoms in total. The van der Waals surface area contributed by atoms with E-state index in [0.717, 1.165) is 12.1 Å². The van der Waals surface area contributed by atoms with Crippen molar-refractivity contribution < 1.29 is 22.7 Å². The van der Waals surface area contributed by atoms with E-state index in [1.807, 2.05) is 0 Å². The van der Waals surface area contributed by atoms with Gasteiger partial charge in [0.1, 0.15) is 5.75 Å². The van der Waals surface area contributed by atoms with Crippen LogP contribution >= 0.6 is 0 Å². The number of carbonyl (C=O) groups excluding carboxylic acids is 1.